The van der Waals surface area contributed by atoms with Gasteiger partial charge in [0.2, 0.25) is 5.91 Å². The Morgan fingerprint density at radius 3 is 2.50 bits per heavy atom. The van der Waals surface area contributed by atoms with E-state index in [1.165, 1.54) is 17.4 Å². The number of carbonyl (C=O) groups is 1. The number of benzene rings is 2. The number of anilines is 1. The highest BCUT2D eigenvalue weighted by atomic mass is 32.2. The molecule has 3 heterocycles. The first-order valence-corrected chi connectivity index (χ1v) is 12.7. The van der Waals surface area contributed by atoms with E-state index in [0.29, 0.717) is 13.2 Å². The lowest BCUT2D eigenvalue weighted by atomic mass is 10.1. The quantitative estimate of drug-likeness (QED) is 0.496. The second-order valence-corrected chi connectivity index (χ2v) is 9.74. The average Bonchev–Trinajstić information content (AvgIpc) is 3.31. The second kappa shape index (κ2) is 10.0. The van der Waals surface area contributed by atoms with Crippen LogP contribution in [0.15, 0.2) is 59.9 Å². The topological polar surface area (TPSA) is 59.8 Å². The van der Waals surface area contributed by atoms with Crippen LogP contribution in [0.5, 0.6) is 11.5 Å². The highest BCUT2D eigenvalue weighted by Crippen LogP contribution is 2.36. The van der Waals surface area contributed by atoms with Crippen LogP contribution in [0.4, 0.5) is 5.69 Å². The molecule has 1 amide bonds. The van der Waals surface area contributed by atoms with Gasteiger partial charge in [0, 0.05) is 44.0 Å². The fourth-order valence-corrected chi connectivity index (χ4v) is 5.52. The molecule has 34 heavy (non-hydrogen) atoms. The summed E-state index contributed by atoms with van der Waals surface area (Å²) in [7, 11) is 0. The highest BCUT2D eigenvalue weighted by molar-refractivity contribution is 8.00. The summed E-state index contributed by atoms with van der Waals surface area (Å²) in [5.41, 5.74) is 3.26. The van der Waals surface area contributed by atoms with Gasteiger partial charge in [0.1, 0.15) is 13.2 Å². The van der Waals surface area contributed by atoms with E-state index in [2.05, 4.69) is 45.6 Å². The molecule has 178 valence electrons. The molecule has 1 saturated heterocycles. The maximum atomic E-state index is 13.2. The number of piperazine rings is 1. The SMILES string of the molecule is CCn1c(-c2ccc3c(c2)OCCO3)cnc1SC(C)C(=O)N1CCN(c2ccccc2)CC1. The number of imidazole rings is 1. The molecule has 7 nitrogen and oxygen atoms in total. The summed E-state index contributed by atoms with van der Waals surface area (Å²) in [6.07, 6.45) is 1.88. The van der Waals surface area contributed by atoms with Crippen molar-refractivity contribution in [2.45, 2.75) is 30.8 Å². The van der Waals surface area contributed by atoms with Gasteiger partial charge in [-0.05, 0) is 44.2 Å². The minimum absolute atomic E-state index is 0.171. The second-order valence-electron chi connectivity index (χ2n) is 8.44. The number of nitrogens with zero attached hydrogens (tertiary/aromatic N) is 4. The molecule has 0 N–H and O–H groups in total. The van der Waals surface area contributed by atoms with Crippen molar-refractivity contribution in [1.29, 1.82) is 0 Å². The molecule has 1 aromatic heterocycles. The van der Waals surface area contributed by atoms with E-state index in [-0.39, 0.29) is 11.2 Å². The number of aromatic nitrogens is 2. The number of carbonyl (C=O) groups excluding carboxylic acids is 1. The number of ether oxygens (including phenoxy) is 2. The van der Waals surface area contributed by atoms with E-state index in [1.807, 2.05) is 42.3 Å². The molecule has 2 aromatic carbocycles. The van der Waals surface area contributed by atoms with Gasteiger partial charge in [0.15, 0.2) is 16.7 Å². The molecule has 8 heteroatoms. The van der Waals surface area contributed by atoms with Crippen molar-refractivity contribution in [3.63, 3.8) is 0 Å². The average molecular weight is 479 g/mol. The van der Waals surface area contributed by atoms with Gasteiger partial charge in [0.25, 0.3) is 0 Å². The fraction of sp³-hybridized carbons (Fsp3) is 0.385. The lowest BCUT2D eigenvalue weighted by Gasteiger charge is -2.37. The third kappa shape index (κ3) is 4.59. The number of para-hydroxylation sites is 1. The molecule has 1 atom stereocenters. The van der Waals surface area contributed by atoms with E-state index in [9.17, 15) is 4.79 Å². The van der Waals surface area contributed by atoms with Crippen LogP contribution in [0.3, 0.4) is 0 Å². The Morgan fingerprint density at radius 2 is 1.76 bits per heavy atom. The van der Waals surface area contributed by atoms with Gasteiger partial charge in [-0.3, -0.25) is 4.79 Å². The zero-order valence-corrected chi connectivity index (χ0v) is 20.5. The van der Waals surface area contributed by atoms with E-state index in [0.717, 1.165) is 60.6 Å². The van der Waals surface area contributed by atoms with Crippen LogP contribution < -0.4 is 14.4 Å². The minimum atomic E-state index is -0.205. The van der Waals surface area contributed by atoms with Crippen molar-refractivity contribution in [2.75, 3.05) is 44.3 Å². The summed E-state index contributed by atoms with van der Waals surface area (Å²) in [5.74, 6) is 1.71. The Bertz CT molecular complexity index is 1140. The van der Waals surface area contributed by atoms with Gasteiger partial charge in [-0.15, -0.1) is 0 Å². The molecule has 5 rings (SSSR count). The van der Waals surface area contributed by atoms with Crippen LogP contribution in [0.1, 0.15) is 13.8 Å². The van der Waals surface area contributed by atoms with Crippen molar-refractivity contribution >= 4 is 23.4 Å². The number of amides is 1. The molecule has 0 spiro atoms. The first kappa shape index (κ1) is 22.7. The van der Waals surface area contributed by atoms with Crippen molar-refractivity contribution in [3.05, 3.63) is 54.7 Å². The van der Waals surface area contributed by atoms with Gasteiger partial charge in [-0.2, -0.15) is 0 Å². The maximum Gasteiger partial charge on any atom is 0.236 e. The van der Waals surface area contributed by atoms with E-state index < -0.39 is 0 Å². The molecule has 2 aliphatic rings. The van der Waals surface area contributed by atoms with Crippen LogP contribution in [-0.2, 0) is 11.3 Å². The molecule has 1 fully saturated rings. The van der Waals surface area contributed by atoms with Gasteiger partial charge >= 0.3 is 0 Å². The van der Waals surface area contributed by atoms with Crippen LogP contribution >= 0.6 is 11.8 Å². The predicted molar refractivity (Wildman–Crippen MR) is 135 cm³/mol. The molecular formula is C26H30N4O3S. The Hall–Kier alpha value is -3.13. The Kier molecular flexibility index (Phi) is 6.67. The normalized spacial score (nSPS) is 16.4. The van der Waals surface area contributed by atoms with Crippen LogP contribution in [0.25, 0.3) is 11.3 Å². The van der Waals surface area contributed by atoms with Gasteiger partial charge < -0.3 is 23.8 Å². The Balaban J connectivity index is 1.25. The van der Waals surface area contributed by atoms with Gasteiger partial charge in [-0.25, -0.2) is 4.98 Å². The highest BCUT2D eigenvalue weighted by Gasteiger charge is 2.27. The maximum absolute atomic E-state index is 13.2. The van der Waals surface area contributed by atoms with Crippen molar-refractivity contribution < 1.29 is 14.3 Å². The fourth-order valence-electron chi connectivity index (χ4n) is 4.48. The van der Waals surface area contributed by atoms with Gasteiger partial charge in [0.05, 0.1) is 17.1 Å². The number of hydrogen-bond acceptors (Lipinski definition) is 6. The summed E-state index contributed by atoms with van der Waals surface area (Å²) < 4.78 is 13.6. The summed E-state index contributed by atoms with van der Waals surface area (Å²) in [6, 6.07) is 16.4. The minimum Gasteiger partial charge on any atom is -0.486 e. The molecule has 0 aliphatic carbocycles. The lowest BCUT2D eigenvalue weighted by molar-refractivity contribution is -0.130. The van der Waals surface area contributed by atoms with Crippen molar-refractivity contribution in [3.8, 4) is 22.8 Å². The number of hydrogen-bond donors (Lipinski definition) is 0. The zero-order valence-electron chi connectivity index (χ0n) is 19.6. The predicted octanol–water partition coefficient (Wildman–Crippen LogP) is 4.17. The lowest BCUT2D eigenvalue weighted by Crippen LogP contribution is -2.50. The summed E-state index contributed by atoms with van der Waals surface area (Å²) in [6.45, 7) is 9.17. The third-order valence-corrected chi connectivity index (χ3v) is 7.41. The number of rotatable bonds is 6. The van der Waals surface area contributed by atoms with Gasteiger partial charge in [-0.1, -0.05) is 30.0 Å². The standard InChI is InChI=1S/C26H30N4O3S/c1-3-30-22(20-9-10-23-24(17-20)33-16-15-32-23)18-27-26(30)34-19(2)25(31)29-13-11-28(12-14-29)21-7-5-4-6-8-21/h4-10,17-19H,3,11-16H2,1-2H3. The van der Waals surface area contributed by atoms with E-state index >= 15 is 0 Å². The van der Waals surface area contributed by atoms with Crippen LogP contribution in [-0.4, -0.2) is 65.0 Å². The molecule has 1 unspecified atom stereocenters. The first-order valence-electron chi connectivity index (χ1n) is 11.8. The molecule has 0 radical (unpaired) electrons. The summed E-state index contributed by atoms with van der Waals surface area (Å²) in [4.78, 5) is 22.2. The van der Waals surface area contributed by atoms with E-state index in [4.69, 9.17) is 9.47 Å². The van der Waals surface area contributed by atoms with Crippen molar-refractivity contribution in [2.24, 2.45) is 0 Å². The summed E-state index contributed by atoms with van der Waals surface area (Å²) >= 11 is 1.53. The third-order valence-electron chi connectivity index (χ3n) is 6.32. The molecule has 2 aliphatic heterocycles. The molecule has 0 saturated carbocycles. The Labute approximate surface area is 204 Å². The van der Waals surface area contributed by atoms with Crippen LogP contribution in [0.2, 0.25) is 0 Å². The zero-order chi connectivity index (χ0) is 23.5. The molecule has 0 bridgehead atoms. The summed E-state index contributed by atoms with van der Waals surface area (Å²) in [5, 5.41) is 0.653. The largest absolute Gasteiger partial charge is 0.486 e. The number of thioether (sulfide) groups is 1. The van der Waals surface area contributed by atoms with Crippen LogP contribution in [0, 0.1) is 0 Å². The smallest absolute Gasteiger partial charge is 0.236 e. The first-order chi connectivity index (χ1) is 16.6. The van der Waals surface area contributed by atoms with Crippen molar-refractivity contribution in [1.82, 2.24) is 14.5 Å². The monoisotopic (exact) mass is 478 g/mol. The number of fused-ring (bicyclic) bond motifs is 1. The molecular weight excluding hydrogens is 448 g/mol. The molecule has 3 aromatic rings. The Morgan fingerprint density at radius 1 is 1.03 bits per heavy atom. The van der Waals surface area contributed by atoms with E-state index in [1.54, 1.807) is 0 Å².